The van der Waals surface area contributed by atoms with E-state index < -0.39 is 0 Å². The number of para-hydroxylation sites is 1. The Morgan fingerprint density at radius 3 is 2.62 bits per heavy atom. The molecule has 0 aliphatic rings. The van der Waals surface area contributed by atoms with Crippen LogP contribution in [0.2, 0.25) is 5.02 Å². The van der Waals surface area contributed by atoms with Gasteiger partial charge in [-0.05, 0) is 23.8 Å². The minimum absolute atomic E-state index is 0.683. The van der Waals surface area contributed by atoms with Gasteiger partial charge in [-0.15, -0.1) is 0 Å². The molecule has 0 aliphatic heterocycles. The fraction of sp³-hybridized carbons (Fsp3) is 0.0833. The molecule has 0 unspecified atom stereocenters. The van der Waals surface area contributed by atoms with Gasteiger partial charge in [-0.25, -0.2) is 4.98 Å². The predicted octanol–water partition coefficient (Wildman–Crippen LogP) is 3.91. The molecule has 0 amide bonds. The molecule has 2 nitrogen and oxygen atoms in total. The van der Waals surface area contributed by atoms with E-state index in [0.717, 1.165) is 17.1 Å². The average Bonchev–Trinajstić information content (AvgIpc) is 2.33. The van der Waals surface area contributed by atoms with Crippen molar-refractivity contribution in [2.75, 3.05) is 5.32 Å². The lowest BCUT2D eigenvalue weighted by molar-refractivity contribution is 1.25. The van der Waals surface area contributed by atoms with Gasteiger partial charge in [0.15, 0.2) is 0 Å². The molecule has 0 radical (unpaired) electrons. The molecule has 0 aliphatic carbocycles. The second-order valence-corrected chi connectivity index (χ2v) is 4.04. The monoisotopic (exact) mass is 250 g/mol. The van der Waals surface area contributed by atoms with Crippen molar-refractivity contribution in [3.63, 3.8) is 0 Å². The number of halogens is 1. The molecule has 2 rings (SSSR count). The second-order valence-electron chi connectivity index (χ2n) is 3.31. The Hall–Kier alpha value is -1.19. The number of hydrogen-bond donors (Lipinski definition) is 2. The van der Waals surface area contributed by atoms with E-state index in [4.69, 9.17) is 11.6 Å². The summed E-state index contributed by atoms with van der Waals surface area (Å²) in [6, 6.07) is 11.5. The molecule has 1 aromatic heterocycles. The third-order valence-electron chi connectivity index (χ3n) is 2.14. The van der Waals surface area contributed by atoms with E-state index in [1.807, 2.05) is 36.4 Å². The van der Waals surface area contributed by atoms with Crippen molar-refractivity contribution in [3.05, 3.63) is 53.2 Å². The smallest absolute Gasteiger partial charge is 0.130 e. The average molecular weight is 251 g/mol. The van der Waals surface area contributed by atoms with E-state index in [-0.39, 0.29) is 0 Å². The van der Waals surface area contributed by atoms with E-state index in [9.17, 15) is 0 Å². The Bertz CT molecular complexity index is 471. The molecule has 82 valence electrons. The Morgan fingerprint density at radius 2 is 2.00 bits per heavy atom. The van der Waals surface area contributed by atoms with Crippen LogP contribution in [0.3, 0.4) is 0 Å². The molecule has 0 saturated heterocycles. The van der Waals surface area contributed by atoms with Crippen LogP contribution in [0, 0.1) is 0 Å². The standard InChI is InChI=1S/C12H11ClN2S/c13-10-3-1-2-4-11(10)15-12-6-5-9(8-16)7-14-12/h1-7,16H,8H2,(H,14,15). The largest absolute Gasteiger partial charge is 0.339 e. The first-order valence-corrected chi connectivity index (χ1v) is 5.88. The van der Waals surface area contributed by atoms with Gasteiger partial charge in [0.2, 0.25) is 0 Å². The maximum atomic E-state index is 6.03. The normalized spacial score (nSPS) is 10.1. The Balaban J connectivity index is 2.18. The van der Waals surface area contributed by atoms with Gasteiger partial charge in [0.25, 0.3) is 0 Å². The number of thiol groups is 1. The SMILES string of the molecule is SCc1ccc(Nc2ccccc2Cl)nc1. The van der Waals surface area contributed by atoms with Crippen molar-refractivity contribution in [3.8, 4) is 0 Å². The molecule has 0 saturated carbocycles. The van der Waals surface area contributed by atoms with Crippen LogP contribution in [0.15, 0.2) is 42.6 Å². The second kappa shape index (κ2) is 5.23. The maximum absolute atomic E-state index is 6.03. The summed E-state index contributed by atoms with van der Waals surface area (Å²) in [5.74, 6) is 1.47. The summed E-state index contributed by atoms with van der Waals surface area (Å²) in [5, 5.41) is 3.84. The predicted molar refractivity (Wildman–Crippen MR) is 71.7 cm³/mol. The van der Waals surface area contributed by atoms with Crippen LogP contribution in [0.4, 0.5) is 11.5 Å². The zero-order valence-electron chi connectivity index (χ0n) is 8.52. The summed E-state index contributed by atoms with van der Waals surface area (Å²) in [6.45, 7) is 0. The molecule has 2 aromatic rings. The summed E-state index contributed by atoms with van der Waals surface area (Å²) >= 11 is 10.2. The lowest BCUT2D eigenvalue weighted by Gasteiger charge is -2.07. The van der Waals surface area contributed by atoms with Crippen molar-refractivity contribution >= 4 is 35.7 Å². The maximum Gasteiger partial charge on any atom is 0.130 e. The van der Waals surface area contributed by atoms with E-state index in [1.54, 1.807) is 6.20 Å². The number of nitrogens with zero attached hydrogens (tertiary/aromatic N) is 1. The first kappa shape index (κ1) is 11.3. The summed E-state index contributed by atoms with van der Waals surface area (Å²) in [4.78, 5) is 4.27. The van der Waals surface area contributed by atoms with Crippen LogP contribution in [0.5, 0.6) is 0 Å². The van der Waals surface area contributed by atoms with E-state index >= 15 is 0 Å². The number of rotatable bonds is 3. The van der Waals surface area contributed by atoms with Gasteiger partial charge in [-0.3, -0.25) is 0 Å². The van der Waals surface area contributed by atoms with Crippen LogP contribution in [-0.2, 0) is 5.75 Å². The number of nitrogens with one attached hydrogen (secondary N) is 1. The molecule has 1 N–H and O–H groups in total. The van der Waals surface area contributed by atoms with Crippen molar-refractivity contribution in [1.82, 2.24) is 4.98 Å². The summed E-state index contributed by atoms with van der Waals surface area (Å²) in [7, 11) is 0. The molecule has 16 heavy (non-hydrogen) atoms. The summed E-state index contributed by atoms with van der Waals surface area (Å²) in [6.07, 6.45) is 1.80. The quantitative estimate of drug-likeness (QED) is 0.808. The number of benzene rings is 1. The van der Waals surface area contributed by atoms with Crippen LogP contribution < -0.4 is 5.32 Å². The molecule has 0 atom stereocenters. The minimum atomic E-state index is 0.683. The van der Waals surface area contributed by atoms with E-state index in [2.05, 4.69) is 22.9 Å². The minimum Gasteiger partial charge on any atom is -0.339 e. The number of aromatic nitrogens is 1. The zero-order chi connectivity index (χ0) is 11.4. The van der Waals surface area contributed by atoms with Gasteiger partial charge in [-0.2, -0.15) is 12.6 Å². The lowest BCUT2D eigenvalue weighted by atomic mass is 10.3. The Labute approximate surface area is 105 Å². The third-order valence-corrected chi connectivity index (χ3v) is 2.84. The highest BCUT2D eigenvalue weighted by Crippen LogP contribution is 2.23. The first-order valence-electron chi connectivity index (χ1n) is 4.87. The third kappa shape index (κ3) is 2.68. The van der Waals surface area contributed by atoms with E-state index in [0.29, 0.717) is 10.8 Å². The van der Waals surface area contributed by atoms with E-state index in [1.165, 1.54) is 0 Å². The number of pyridine rings is 1. The van der Waals surface area contributed by atoms with Gasteiger partial charge in [0, 0.05) is 11.9 Å². The van der Waals surface area contributed by atoms with Crippen molar-refractivity contribution < 1.29 is 0 Å². The highest BCUT2D eigenvalue weighted by molar-refractivity contribution is 7.79. The van der Waals surface area contributed by atoms with Crippen molar-refractivity contribution in [1.29, 1.82) is 0 Å². The van der Waals surface area contributed by atoms with Gasteiger partial charge < -0.3 is 5.32 Å². The van der Waals surface area contributed by atoms with Crippen LogP contribution >= 0.6 is 24.2 Å². The van der Waals surface area contributed by atoms with Crippen LogP contribution in [0.1, 0.15) is 5.56 Å². The van der Waals surface area contributed by atoms with Crippen molar-refractivity contribution in [2.45, 2.75) is 5.75 Å². The molecule has 4 heteroatoms. The number of anilines is 2. The topological polar surface area (TPSA) is 24.9 Å². The van der Waals surface area contributed by atoms with Crippen LogP contribution in [-0.4, -0.2) is 4.98 Å². The molecule has 1 heterocycles. The highest BCUT2D eigenvalue weighted by Gasteiger charge is 1.99. The molecule has 0 bridgehead atoms. The highest BCUT2D eigenvalue weighted by atomic mass is 35.5. The number of hydrogen-bond acceptors (Lipinski definition) is 3. The summed E-state index contributed by atoms with van der Waals surface area (Å²) in [5.41, 5.74) is 1.95. The fourth-order valence-electron chi connectivity index (χ4n) is 1.29. The lowest BCUT2D eigenvalue weighted by Crippen LogP contribution is -1.94. The Morgan fingerprint density at radius 1 is 1.19 bits per heavy atom. The molecular weight excluding hydrogens is 240 g/mol. The molecule has 0 fully saturated rings. The van der Waals surface area contributed by atoms with Gasteiger partial charge in [0.1, 0.15) is 5.82 Å². The van der Waals surface area contributed by atoms with Gasteiger partial charge in [0.05, 0.1) is 10.7 Å². The Kier molecular flexibility index (Phi) is 3.70. The molecule has 1 aromatic carbocycles. The molecular formula is C12H11ClN2S. The zero-order valence-corrected chi connectivity index (χ0v) is 10.2. The van der Waals surface area contributed by atoms with Crippen molar-refractivity contribution in [2.24, 2.45) is 0 Å². The first-order chi connectivity index (χ1) is 7.79. The van der Waals surface area contributed by atoms with Crippen LogP contribution in [0.25, 0.3) is 0 Å². The van der Waals surface area contributed by atoms with Gasteiger partial charge in [-0.1, -0.05) is 29.8 Å². The molecule has 0 spiro atoms. The summed E-state index contributed by atoms with van der Waals surface area (Å²) < 4.78 is 0. The fourth-order valence-corrected chi connectivity index (χ4v) is 1.66. The van der Waals surface area contributed by atoms with Gasteiger partial charge >= 0.3 is 0 Å².